The molecule has 0 radical (unpaired) electrons. The van der Waals surface area contributed by atoms with Gasteiger partial charge in [0.15, 0.2) is 0 Å². The third-order valence-corrected chi connectivity index (χ3v) is 8.91. The predicted molar refractivity (Wildman–Crippen MR) is 131 cm³/mol. The number of rotatable bonds is 1. The van der Waals surface area contributed by atoms with Crippen LogP contribution >= 0.6 is 0 Å². The first-order valence-corrected chi connectivity index (χ1v) is 12.7. The van der Waals surface area contributed by atoms with Crippen LogP contribution in [0.5, 0.6) is 0 Å². The molecule has 2 aromatic carbocycles. The molecule has 0 aromatic heterocycles. The molecule has 4 heterocycles. The van der Waals surface area contributed by atoms with Gasteiger partial charge in [-0.15, -0.1) is 0 Å². The fourth-order valence-electron chi connectivity index (χ4n) is 7.31. The first-order chi connectivity index (χ1) is 15.1. The summed E-state index contributed by atoms with van der Waals surface area (Å²) < 4.78 is 2.69. The second kappa shape index (κ2) is 7.22. The van der Waals surface area contributed by atoms with E-state index in [1.54, 1.807) is 55.6 Å². The molecule has 0 saturated heterocycles. The van der Waals surface area contributed by atoms with Crippen LogP contribution in [-0.2, 0) is 25.7 Å². The Morgan fingerprint density at radius 3 is 1.71 bits per heavy atom. The van der Waals surface area contributed by atoms with Crippen molar-refractivity contribution in [2.24, 2.45) is 0 Å². The minimum absolute atomic E-state index is 1.25. The van der Waals surface area contributed by atoms with Gasteiger partial charge in [0.1, 0.15) is 13.1 Å². The minimum atomic E-state index is 1.25. The summed E-state index contributed by atoms with van der Waals surface area (Å²) in [6.45, 7) is 14.6. The summed E-state index contributed by atoms with van der Waals surface area (Å²) in [6, 6.07) is 0. The molecule has 0 unspecified atom stereocenters. The lowest BCUT2D eigenvalue weighted by Crippen LogP contribution is -2.46. The molecular weight excluding hydrogens is 376 g/mol. The molecule has 2 aromatic rings. The zero-order valence-corrected chi connectivity index (χ0v) is 20.0. The Kier molecular flexibility index (Phi) is 4.56. The van der Waals surface area contributed by atoms with Crippen LogP contribution in [0.3, 0.4) is 0 Å². The molecule has 0 aliphatic carbocycles. The number of hydrogen-bond donors (Lipinski definition) is 0. The normalized spacial score (nSPS) is 19.2. The van der Waals surface area contributed by atoms with Gasteiger partial charge in [0.05, 0.1) is 0 Å². The van der Waals surface area contributed by atoms with E-state index in [2.05, 4.69) is 43.2 Å². The topological polar surface area (TPSA) is 6.25 Å². The highest BCUT2D eigenvalue weighted by atomic mass is 15.1. The molecule has 0 atom stereocenters. The van der Waals surface area contributed by atoms with Gasteiger partial charge in [0.25, 0.3) is 0 Å². The highest BCUT2D eigenvalue weighted by molar-refractivity contribution is 5.75. The molecule has 0 amide bonds. The molecule has 0 fully saturated rings. The molecule has 4 aliphatic heterocycles. The van der Waals surface area contributed by atoms with Gasteiger partial charge in [-0.05, 0) is 116 Å². The molecule has 2 heteroatoms. The van der Waals surface area contributed by atoms with E-state index in [1.165, 1.54) is 88.3 Å². The van der Waals surface area contributed by atoms with E-state index in [0.29, 0.717) is 0 Å². The maximum atomic E-state index is 2.69. The summed E-state index contributed by atoms with van der Waals surface area (Å²) in [7, 11) is 0. The highest BCUT2D eigenvalue weighted by Gasteiger charge is 2.29. The van der Waals surface area contributed by atoms with E-state index in [-0.39, 0.29) is 0 Å². The van der Waals surface area contributed by atoms with Crippen LogP contribution in [0.4, 0.5) is 5.69 Å². The van der Waals surface area contributed by atoms with Crippen LogP contribution in [0.25, 0.3) is 6.08 Å². The van der Waals surface area contributed by atoms with Crippen LogP contribution in [0.2, 0.25) is 0 Å². The third-order valence-electron chi connectivity index (χ3n) is 8.91. The van der Waals surface area contributed by atoms with Crippen LogP contribution in [0, 0.1) is 27.7 Å². The lowest BCUT2D eigenvalue weighted by atomic mass is 9.81. The van der Waals surface area contributed by atoms with Crippen LogP contribution < -0.4 is 20.1 Å². The van der Waals surface area contributed by atoms with Crippen molar-refractivity contribution in [3.8, 4) is 0 Å². The summed E-state index contributed by atoms with van der Waals surface area (Å²) in [5, 5.41) is 3.15. The SMILES string of the molecule is Cc1c(C=c2c(C)c3c4c(c2C)CCC[N+]=4CCC3)c(C)c2c3c1CCCN3CCC2. The molecule has 0 saturated carbocycles. The smallest absolute Gasteiger partial charge is 0.206 e. The molecule has 6 rings (SSSR count). The van der Waals surface area contributed by atoms with Crippen LogP contribution in [0.1, 0.15) is 75.8 Å². The predicted octanol–water partition coefficient (Wildman–Crippen LogP) is 3.83. The number of benzene rings is 2. The van der Waals surface area contributed by atoms with Crippen molar-refractivity contribution in [2.75, 3.05) is 31.1 Å². The standard InChI is InChI=1S/C29H37N2/c1-18-22-9-5-13-30-14-6-10-23(28(22)30)19(2)26(18)17-27-20(3)24-11-7-15-31-16-8-12-25(21(27)4)29(24)31/h17H,5-16H2,1-4H3/q+1. The van der Waals surface area contributed by atoms with Gasteiger partial charge in [0.2, 0.25) is 5.36 Å². The summed E-state index contributed by atoms with van der Waals surface area (Å²) in [5.41, 5.74) is 16.0. The molecule has 0 bridgehead atoms. The second-order valence-corrected chi connectivity index (χ2v) is 10.5. The molecule has 31 heavy (non-hydrogen) atoms. The van der Waals surface area contributed by atoms with E-state index in [0.717, 1.165) is 0 Å². The zero-order chi connectivity index (χ0) is 21.3. The van der Waals surface area contributed by atoms with E-state index >= 15 is 0 Å². The molecule has 2 nitrogen and oxygen atoms in total. The summed E-state index contributed by atoms with van der Waals surface area (Å²) >= 11 is 0. The van der Waals surface area contributed by atoms with Gasteiger partial charge in [-0.2, -0.15) is 0 Å². The second-order valence-electron chi connectivity index (χ2n) is 10.5. The van der Waals surface area contributed by atoms with Crippen molar-refractivity contribution in [1.29, 1.82) is 0 Å². The average Bonchev–Trinajstić information content (AvgIpc) is 2.80. The number of hydrogen-bond acceptors (Lipinski definition) is 1. The van der Waals surface area contributed by atoms with Crippen molar-refractivity contribution < 1.29 is 0 Å². The average molecular weight is 414 g/mol. The van der Waals surface area contributed by atoms with E-state index < -0.39 is 0 Å². The summed E-state index contributed by atoms with van der Waals surface area (Å²) in [5.74, 6) is 0. The Hall–Kier alpha value is -2.09. The largest absolute Gasteiger partial charge is 0.371 e. The third kappa shape index (κ3) is 2.79. The Morgan fingerprint density at radius 2 is 1.16 bits per heavy atom. The monoisotopic (exact) mass is 413 g/mol. The lowest BCUT2D eigenvalue weighted by Gasteiger charge is -2.39. The molecule has 4 aliphatic rings. The molecular formula is C29H37N2+. The fourth-order valence-corrected chi connectivity index (χ4v) is 7.31. The van der Waals surface area contributed by atoms with Crippen LogP contribution in [0.15, 0.2) is 0 Å². The Bertz CT molecular complexity index is 1150. The first kappa shape index (κ1) is 19.6. The highest BCUT2D eigenvalue weighted by Crippen LogP contribution is 2.41. The quantitative estimate of drug-likeness (QED) is 0.644. The summed E-state index contributed by atoms with van der Waals surface area (Å²) in [4.78, 5) is 2.69. The van der Waals surface area contributed by atoms with Gasteiger partial charge < -0.3 is 4.90 Å². The van der Waals surface area contributed by atoms with Crippen molar-refractivity contribution in [3.05, 3.63) is 60.6 Å². The fraction of sp³-hybridized carbons (Fsp3) is 0.552. The molecule has 0 spiro atoms. The van der Waals surface area contributed by atoms with Crippen molar-refractivity contribution in [3.63, 3.8) is 0 Å². The van der Waals surface area contributed by atoms with Crippen LogP contribution in [-0.4, -0.2) is 26.2 Å². The Morgan fingerprint density at radius 1 is 0.645 bits per heavy atom. The van der Waals surface area contributed by atoms with E-state index in [9.17, 15) is 0 Å². The maximum absolute atomic E-state index is 2.69. The lowest BCUT2D eigenvalue weighted by molar-refractivity contribution is 0.478. The zero-order valence-electron chi connectivity index (χ0n) is 20.0. The van der Waals surface area contributed by atoms with E-state index in [1.807, 2.05) is 0 Å². The number of anilines is 1. The van der Waals surface area contributed by atoms with Gasteiger partial charge in [0, 0.05) is 42.7 Å². The van der Waals surface area contributed by atoms with Gasteiger partial charge in [-0.1, -0.05) is 0 Å². The van der Waals surface area contributed by atoms with E-state index in [4.69, 9.17) is 0 Å². The summed E-state index contributed by atoms with van der Waals surface area (Å²) in [6.07, 6.45) is 12.9. The van der Waals surface area contributed by atoms with Crippen molar-refractivity contribution in [2.45, 2.75) is 79.1 Å². The Balaban J connectivity index is 1.66. The number of nitrogens with zero attached hydrogens (tertiary/aromatic N) is 2. The molecule has 162 valence electrons. The molecule has 0 N–H and O–H groups in total. The Labute approximate surface area is 187 Å². The van der Waals surface area contributed by atoms with Gasteiger partial charge in [-0.3, -0.25) is 0 Å². The first-order valence-electron chi connectivity index (χ1n) is 12.7. The maximum Gasteiger partial charge on any atom is 0.206 e. The van der Waals surface area contributed by atoms with Gasteiger partial charge in [-0.25, -0.2) is 4.58 Å². The van der Waals surface area contributed by atoms with Gasteiger partial charge >= 0.3 is 0 Å². The van der Waals surface area contributed by atoms with Crippen molar-refractivity contribution in [1.82, 2.24) is 4.58 Å². The minimum Gasteiger partial charge on any atom is -0.371 e. The van der Waals surface area contributed by atoms with Crippen molar-refractivity contribution >= 4 is 11.8 Å².